The van der Waals surface area contributed by atoms with Gasteiger partial charge in [-0.05, 0) is 65.5 Å². The zero-order chi connectivity index (χ0) is 23.4. The van der Waals surface area contributed by atoms with Crippen LogP contribution in [0.3, 0.4) is 0 Å². The SMILES string of the molecule is CCC(C)(C)c1ccc(OC(C(=O)Nc2ccc(O)cc2)C(C)C)c(C(C)(C)CC)c1. The van der Waals surface area contributed by atoms with Crippen LogP contribution in [0.1, 0.15) is 79.4 Å². The third kappa shape index (κ3) is 6.03. The van der Waals surface area contributed by atoms with Crippen molar-refractivity contribution in [3.05, 3.63) is 53.6 Å². The van der Waals surface area contributed by atoms with E-state index in [4.69, 9.17) is 4.74 Å². The number of nitrogens with one attached hydrogen (secondary N) is 1. The third-order valence-corrected chi connectivity index (χ3v) is 6.51. The summed E-state index contributed by atoms with van der Waals surface area (Å²) >= 11 is 0. The van der Waals surface area contributed by atoms with E-state index in [9.17, 15) is 9.90 Å². The molecule has 1 unspecified atom stereocenters. The minimum absolute atomic E-state index is 0.0125. The van der Waals surface area contributed by atoms with E-state index in [1.54, 1.807) is 24.3 Å². The molecule has 0 fully saturated rings. The third-order valence-electron chi connectivity index (χ3n) is 6.51. The molecule has 0 spiro atoms. The molecule has 1 amide bonds. The lowest BCUT2D eigenvalue weighted by Crippen LogP contribution is -2.38. The van der Waals surface area contributed by atoms with Crippen molar-refractivity contribution in [1.82, 2.24) is 0 Å². The maximum Gasteiger partial charge on any atom is 0.265 e. The number of rotatable bonds is 9. The van der Waals surface area contributed by atoms with Gasteiger partial charge in [0.05, 0.1) is 0 Å². The van der Waals surface area contributed by atoms with Crippen LogP contribution in [0.15, 0.2) is 42.5 Å². The molecule has 0 aliphatic carbocycles. The van der Waals surface area contributed by atoms with Crippen molar-refractivity contribution >= 4 is 11.6 Å². The van der Waals surface area contributed by atoms with Crippen molar-refractivity contribution in [3.63, 3.8) is 0 Å². The number of hydrogen-bond acceptors (Lipinski definition) is 3. The van der Waals surface area contributed by atoms with Crippen LogP contribution in [-0.2, 0) is 15.6 Å². The Labute approximate surface area is 188 Å². The first kappa shape index (κ1) is 24.8. The molecule has 31 heavy (non-hydrogen) atoms. The molecule has 0 aromatic heterocycles. The predicted octanol–water partition coefficient (Wildman–Crippen LogP) is 6.81. The quantitative estimate of drug-likeness (QED) is 0.434. The van der Waals surface area contributed by atoms with Gasteiger partial charge in [-0.2, -0.15) is 0 Å². The van der Waals surface area contributed by atoms with E-state index in [-0.39, 0.29) is 28.4 Å². The molecule has 2 aromatic rings. The van der Waals surface area contributed by atoms with Crippen molar-refractivity contribution in [3.8, 4) is 11.5 Å². The lowest BCUT2D eigenvalue weighted by molar-refractivity contribution is -0.124. The van der Waals surface area contributed by atoms with Gasteiger partial charge in [0.1, 0.15) is 11.5 Å². The number of phenols is 1. The van der Waals surface area contributed by atoms with Crippen LogP contribution in [0.2, 0.25) is 0 Å². The summed E-state index contributed by atoms with van der Waals surface area (Å²) in [6, 6.07) is 12.9. The average Bonchev–Trinajstić information content (AvgIpc) is 2.73. The number of anilines is 1. The minimum atomic E-state index is -0.634. The molecular weight excluding hydrogens is 386 g/mol. The number of amides is 1. The molecule has 170 valence electrons. The van der Waals surface area contributed by atoms with Gasteiger partial charge in [0.2, 0.25) is 0 Å². The highest BCUT2D eigenvalue weighted by Crippen LogP contribution is 2.39. The standard InChI is InChI=1S/C27H39NO3/c1-9-26(5,6)19-11-16-23(22(17-19)27(7,8)10-2)31-24(18(3)4)25(30)28-20-12-14-21(29)15-13-20/h11-18,24,29H,9-10H2,1-8H3,(H,28,30). The Morgan fingerprint density at radius 1 is 0.968 bits per heavy atom. The Morgan fingerprint density at radius 2 is 1.55 bits per heavy atom. The monoisotopic (exact) mass is 425 g/mol. The fourth-order valence-corrected chi connectivity index (χ4v) is 3.36. The second kappa shape index (κ2) is 9.76. The Bertz CT molecular complexity index is 882. The van der Waals surface area contributed by atoms with Gasteiger partial charge in [0.15, 0.2) is 6.10 Å². The summed E-state index contributed by atoms with van der Waals surface area (Å²) in [6.07, 6.45) is 1.37. The molecule has 0 radical (unpaired) electrons. The van der Waals surface area contributed by atoms with Gasteiger partial charge in [-0.15, -0.1) is 0 Å². The first-order valence-corrected chi connectivity index (χ1v) is 11.3. The normalized spacial score (nSPS) is 13.2. The molecule has 2 N–H and O–H groups in total. The fourth-order valence-electron chi connectivity index (χ4n) is 3.36. The van der Waals surface area contributed by atoms with Crippen LogP contribution < -0.4 is 10.1 Å². The van der Waals surface area contributed by atoms with Gasteiger partial charge in [-0.25, -0.2) is 0 Å². The topological polar surface area (TPSA) is 58.6 Å². The molecule has 0 aliphatic heterocycles. The number of ether oxygens (including phenoxy) is 1. The van der Waals surface area contributed by atoms with E-state index in [1.165, 1.54) is 5.56 Å². The summed E-state index contributed by atoms with van der Waals surface area (Å²) < 4.78 is 6.39. The highest BCUT2D eigenvalue weighted by Gasteiger charge is 2.30. The van der Waals surface area contributed by atoms with Crippen LogP contribution in [-0.4, -0.2) is 17.1 Å². The van der Waals surface area contributed by atoms with Crippen LogP contribution >= 0.6 is 0 Å². The summed E-state index contributed by atoms with van der Waals surface area (Å²) in [5, 5.41) is 12.4. The zero-order valence-corrected chi connectivity index (χ0v) is 20.4. The van der Waals surface area contributed by atoms with E-state index in [1.807, 2.05) is 19.9 Å². The highest BCUT2D eigenvalue weighted by molar-refractivity contribution is 5.94. The summed E-state index contributed by atoms with van der Waals surface area (Å²) in [7, 11) is 0. The van der Waals surface area contributed by atoms with E-state index >= 15 is 0 Å². The Hall–Kier alpha value is -2.49. The first-order chi connectivity index (χ1) is 14.4. The van der Waals surface area contributed by atoms with Crippen LogP contribution in [0.25, 0.3) is 0 Å². The molecular formula is C27H39NO3. The van der Waals surface area contributed by atoms with Crippen LogP contribution in [0, 0.1) is 5.92 Å². The summed E-state index contributed by atoms with van der Waals surface area (Å²) in [5.41, 5.74) is 3.05. The summed E-state index contributed by atoms with van der Waals surface area (Å²) in [4.78, 5) is 13.0. The van der Waals surface area contributed by atoms with Crippen LogP contribution in [0.5, 0.6) is 11.5 Å². The number of benzene rings is 2. The lowest BCUT2D eigenvalue weighted by atomic mass is 9.76. The highest BCUT2D eigenvalue weighted by atomic mass is 16.5. The first-order valence-electron chi connectivity index (χ1n) is 11.3. The average molecular weight is 426 g/mol. The van der Waals surface area contributed by atoms with Gasteiger partial charge in [0.25, 0.3) is 5.91 Å². The number of hydrogen-bond donors (Lipinski definition) is 2. The molecule has 0 aliphatic rings. The minimum Gasteiger partial charge on any atom is -0.508 e. The Morgan fingerprint density at radius 3 is 2.06 bits per heavy atom. The molecule has 0 bridgehead atoms. The molecule has 0 heterocycles. The van der Waals surface area contributed by atoms with Gasteiger partial charge < -0.3 is 15.2 Å². The maximum atomic E-state index is 13.0. The second-order valence-electron chi connectivity index (χ2n) is 10.0. The van der Waals surface area contributed by atoms with Crippen LogP contribution in [0.4, 0.5) is 5.69 Å². The summed E-state index contributed by atoms with van der Waals surface area (Å²) in [5.74, 6) is 0.721. The van der Waals surface area contributed by atoms with E-state index in [0.29, 0.717) is 5.69 Å². The van der Waals surface area contributed by atoms with Crippen molar-refractivity contribution in [2.45, 2.75) is 85.2 Å². The summed E-state index contributed by atoms with van der Waals surface area (Å²) in [6.45, 7) is 17.3. The van der Waals surface area contributed by atoms with Crippen molar-refractivity contribution in [1.29, 1.82) is 0 Å². The second-order valence-corrected chi connectivity index (χ2v) is 10.0. The molecule has 0 saturated carbocycles. The number of aromatic hydroxyl groups is 1. The Kier molecular flexibility index (Phi) is 7.80. The van der Waals surface area contributed by atoms with Gasteiger partial charge in [-0.1, -0.05) is 67.5 Å². The Balaban J connectivity index is 2.39. The van der Waals surface area contributed by atoms with Gasteiger partial charge in [-0.3, -0.25) is 4.79 Å². The molecule has 1 atom stereocenters. The van der Waals surface area contributed by atoms with E-state index in [0.717, 1.165) is 24.2 Å². The molecule has 4 nitrogen and oxygen atoms in total. The molecule has 0 saturated heterocycles. The number of carbonyl (C=O) groups excluding carboxylic acids is 1. The van der Waals surface area contributed by atoms with Gasteiger partial charge >= 0.3 is 0 Å². The number of carbonyl (C=O) groups is 1. The largest absolute Gasteiger partial charge is 0.508 e. The van der Waals surface area contributed by atoms with Crippen molar-refractivity contribution < 1.29 is 14.6 Å². The fraction of sp³-hybridized carbons (Fsp3) is 0.519. The smallest absolute Gasteiger partial charge is 0.265 e. The van der Waals surface area contributed by atoms with Crippen molar-refractivity contribution in [2.75, 3.05) is 5.32 Å². The lowest BCUT2D eigenvalue weighted by Gasteiger charge is -2.32. The molecule has 2 rings (SSSR count). The van der Waals surface area contributed by atoms with E-state index in [2.05, 4.69) is 59.0 Å². The van der Waals surface area contributed by atoms with E-state index < -0.39 is 6.10 Å². The van der Waals surface area contributed by atoms with Crippen molar-refractivity contribution in [2.24, 2.45) is 5.92 Å². The predicted molar refractivity (Wildman–Crippen MR) is 129 cm³/mol. The molecule has 2 aromatic carbocycles. The molecule has 4 heteroatoms. The zero-order valence-electron chi connectivity index (χ0n) is 20.4. The van der Waals surface area contributed by atoms with Gasteiger partial charge in [0, 0.05) is 11.3 Å². The number of phenolic OH excluding ortho intramolecular Hbond substituents is 1. The maximum absolute atomic E-state index is 13.0.